The Morgan fingerprint density at radius 2 is 1.64 bits per heavy atom. The topological polar surface area (TPSA) is 140 Å². The van der Waals surface area contributed by atoms with Crippen LogP contribution in [0.15, 0.2) is 72.8 Å². The molecule has 0 fully saturated rings. The third-order valence-electron chi connectivity index (χ3n) is 4.09. The van der Waals surface area contributed by atoms with Crippen molar-refractivity contribution < 1.29 is 33.7 Å². The van der Waals surface area contributed by atoms with Crippen LogP contribution >= 0.6 is 12.2 Å². The maximum atomic E-state index is 12.6. The van der Waals surface area contributed by atoms with Crippen LogP contribution in [0.2, 0.25) is 0 Å². The van der Waals surface area contributed by atoms with E-state index in [1.807, 2.05) is 0 Å². The fraction of sp³-hybridized carbons (Fsp3) is 0.0455. The Balaban J connectivity index is 1.67. The first-order valence-electron chi connectivity index (χ1n) is 9.29. The zero-order chi connectivity index (χ0) is 23.8. The Morgan fingerprint density at radius 1 is 0.909 bits per heavy atom. The summed E-state index contributed by atoms with van der Waals surface area (Å²) in [5.41, 5.74) is 6.52. The SMILES string of the molecule is NC(=S)c1ccc(OC(=O)Oc2ccccc2C(=O)Oc2cccc(CO[N+](=O)[O-])c2)cc1. The predicted octanol–water partition coefficient (Wildman–Crippen LogP) is 3.83. The van der Waals surface area contributed by atoms with Gasteiger partial charge in [-0.3, -0.25) is 0 Å². The van der Waals surface area contributed by atoms with Gasteiger partial charge < -0.3 is 24.8 Å². The van der Waals surface area contributed by atoms with E-state index in [1.54, 1.807) is 36.4 Å². The van der Waals surface area contributed by atoms with Crippen LogP contribution in [-0.4, -0.2) is 22.2 Å². The van der Waals surface area contributed by atoms with Gasteiger partial charge in [0.25, 0.3) is 5.09 Å². The average Bonchev–Trinajstić information content (AvgIpc) is 2.78. The number of nitrogens with zero attached hydrogens (tertiary/aromatic N) is 1. The highest BCUT2D eigenvalue weighted by Gasteiger charge is 2.18. The van der Waals surface area contributed by atoms with Gasteiger partial charge in [0.05, 0.1) is 0 Å². The third-order valence-corrected chi connectivity index (χ3v) is 4.32. The molecule has 0 aliphatic carbocycles. The second-order valence-electron chi connectivity index (χ2n) is 6.37. The molecule has 2 N–H and O–H groups in total. The van der Waals surface area contributed by atoms with E-state index in [4.69, 9.17) is 32.2 Å². The van der Waals surface area contributed by atoms with Crippen molar-refractivity contribution in [2.24, 2.45) is 5.73 Å². The lowest BCUT2D eigenvalue weighted by Gasteiger charge is -2.11. The molecule has 3 aromatic carbocycles. The van der Waals surface area contributed by atoms with Crippen molar-refractivity contribution in [3.05, 3.63) is 99.6 Å². The van der Waals surface area contributed by atoms with Crippen LogP contribution in [0.1, 0.15) is 21.5 Å². The van der Waals surface area contributed by atoms with Gasteiger partial charge in [-0.2, -0.15) is 0 Å². The Morgan fingerprint density at radius 3 is 2.33 bits per heavy atom. The van der Waals surface area contributed by atoms with Crippen molar-refractivity contribution in [2.75, 3.05) is 0 Å². The van der Waals surface area contributed by atoms with Gasteiger partial charge in [-0.15, -0.1) is 10.1 Å². The second kappa shape index (κ2) is 10.7. The highest BCUT2D eigenvalue weighted by atomic mass is 32.1. The van der Waals surface area contributed by atoms with Crippen LogP contribution in [0.3, 0.4) is 0 Å². The number of benzene rings is 3. The molecule has 0 aliphatic heterocycles. The van der Waals surface area contributed by atoms with Gasteiger partial charge in [0.15, 0.2) is 0 Å². The molecule has 0 unspecified atom stereocenters. The lowest BCUT2D eigenvalue weighted by atomic mass is 10.2. The summed E-state index contributed by atoms with van der Waals surface area (Å²) in [6, 6.07) is 18.1. The number of para-hydroxylation sites is 1. The number of carbonyl (C=O) groups excluding carboxylic acids is 2. The number of esters is 1. The first-order chi connectivity index (χ1) is 15.8. The number of hydrogen-bond donors (Lipinski definition) is 1. The van der Waals surface area contributed by atoms with Crippen molar-refractivity contribution in [1.82, 2.24) is 0 Å². The Bertz CT molecular complexity index is 1200. The van der Waals surface area contributed by atoms with E-state index in [0.717, 1.165) is 0 Å². The Kier molecular flexibility index (Phi) is 7.50. The maximum Gasteiger partial charge on any atom is 0.519 e. The molecule has 3 rings (SSSR count). The van der Waals surface area contributed by atoms with E-state index < -0.39 is 17.2 Å². The second-order valence-corrected chi connectivity index (χ2v) is 6.81. The van der Waals surface area contributed by atoms with Crippen molar-refractivity contribution in [2.45, 2.75) is 6.61 Å². The summed E-state index contributed by atoms with van der Waals surface area (Å²) in [5.74, 6) is -0.583. The van der Waals surface area contributed by atoms with Crippen molar-refractivity contribution in [1.29, 1.82) is 0 Å². The van der Waals surface area contributed by atoms with Gasteiger partial charge in [-0.05, 0) is 54.1 Å². The van der Waals surface area contributed by atoms with Crippen LogP contribution in [-0.2, 0) is 11.4 Å². The van der Waals surface area contributed by atoms with Gasteiger partial charge in [0.1, 0.15) is 34.4 Å². The number of nitrogens with two attached hydrogens (primary N) is 1. The smallest absolute Gasteiger partial charge is 0.423 e. The summed E-state index contributed by atoms with van der Waals surface area (Å²) in [6.45, 7) is -0.304. The fourth-order valence-corrected chi connectivity index (χ4v) is 2.74. The molecule has 0 bridgehead atoms. The number of rotatable bonds is 8. The quantitative estimate of drug-likeness (QED) is 0.129. The van der Waals surface area contributed by atoms with Crippen LogP contribution < -0.4 is 19.9 Å². The summed E-state index contributed by atoms with van der Waals surface area (Å²) in [7, 11) is 0. The number of ether oxygens (including phenoxy) is 3. The minimum Gasteiger partial charge on any atom is -0.423 e. The molecule has 33 heavy (non-hydrogen) atoms. The zero-order valence-corrected chi connectivity index (χ0v) is 17.7. The van der Waals surface area contributed by atoms with Gasteiger partial charge in [-0.1, -0.05) is 36.5 Å². The molecule has 3 aromatic rings. The highest BCUT2D eigenvalue weighted by molar-refractivity contribution is 7.80. The van der Waals surface area contributed by atoms with Crippen LogP contribution in [0, 0.1) is 10.1 Å². The lowest BCUT2D eigenvalue weighted by Crippen LogP contribution is -2.17. The monoisotopic (exact) mass is 468 g/mol. The van der Waals surface area contributed by atoms with Gasteiger partial charge >= 0.3 is 12.1 Å². The molecule has 0 spiro atoms. The molecule has 0 aromatic heterocycles. The lowest BCUT2D eigenvalue weighted by molar-refractivity contribution is -0.763. The van der Waals surface area contributed by atoms with Crippen LogP contribution in [0.5, 0.6) is 17.2 Å². The average molecular weight is 468 g/mol. The summed E-state index contributed by atoms with van der Waals surface area (Å²) in [6.07, 6.45) is -1.07. The summed E-state index contributed by atoms with van der Waals surface area (Å²) < 4.78 is 15.6. The molecular formula is C22H16N2O8S. The largest absolute Gasteiger partial charge is 0.519 e. The standard InChI is InChI=1S/C22H16N2O8S/c23-20(33)15-8-10-16(11-9-15)31-22(26)32-19-7-2-1-6-18(19)21(25)30-17-5-3-4-14(12-17)13-29-24(27)28/h1-12H,13H2,(H2,23,33). The molecule has 0 heterocycles. The van der Waals surface area contributed by atoms with E-state index in [0.29, 0.717) is 11.1 Å². The van der Waals surface area contributed by atoms with E-state index >= 15 is 0 Å². The minimum atomic E-state index is -1.07. The van der Waals surface area contributed by atoms with E-state index in [2.05, 4.69) is 4.84 Å². The van der Waals surface area contributed by atoms with E-state index in [-0.39, 0.29) is 34.4 Å². The molecule has 0 atom stereocenters. The number of hydrogen-bond acceptors (Lipinski definition) is 9. The normalized spacial score (nSPS) is 10.1. The maximum absolute atomic E-state index is 12.6. The molecule has 0 saturated heterocycles. The highest BCUT2D eigenvalue weighted by Crippen LogP contribution is 2.23. The molecule has 11 heteroatoms. The summed E-state index contributed by atoms with van der Waals surface area (Å²) in [5, 5.41) is 9.42. The molecule has 0 amide bonds. The zero-order valence-electron chi connectivity index (χ0n) is 16.8. The van der Waals surface area contributed by atoms with Gasteiger partial charge in [0, 0.05) is 5.56 Å². The fourth-order valence-electron chi connectivity index (χ4n) is 2.61. The van der Waals surface area contributed by atoms with E-state index in [1.165, 1.54) is 36.4 Å². The minimum absolute atomic E-state index is 0.0368. The van der Waals surface area contributed by atoms with Crippen molar-refractivity contribution in [3.8, 4) is 17.2 Å². The number of carbonyl (C=O) groups is 2. The molecule has 0 aliphatic rings. The third kappa shape index (κ3) is 6.74. The van der Waals surface area contributed by atoms with E-state index in [9.17, 15) is 19.7 Å². The summed E-state index contributed by atoms with van der Waals surface area (Å²) in [4.78, 5) is 39.7. The van der Waals surface area contributed by atoms with Crippen LogP contribution in [0.4, 0.5) is 4.79 Å². The molecule has 168 valence electrons. The molecule has 0 saturated carbocycles. The summed E-state index contributed by atoms with van der Waals surface area (Å²) >= 11 is 4.86. The van der Waals surface area contributed by atoms with Gasteiger partial charge in [-0.25, -0.2) is 9.59 Å². The Labute approximate surface area is 192 Å². The molecule has 10 nitrogen and oxygen atoms in total. The first-order valence-corrected chi connectivity index (χ1v) is 9.69. The molecular weight excluding hydrogens is 452 g/mol. The predicted molar refractivity (Wildman–Crippen MR) is 119 cm³/mol. The van der Waals surface area contributed by atoms with Gasteiger partial charge in [0.2, 0.25) is 0 Å². The van der Waals surface area contributed by atoms with Crippen LogP contribution in [0.25, 0.3) is 0 Å². The van der Waals surface area contributed by atoms with Crippen molar-refractivity contribution >= 4 is 29.3 Å². The number of thiocarbonyl (C=S) groups is 1. The Hall–Kier alpha value is -4.51. The van der Waals surface area contributed by atoms with Crippen molar-refractivity contribution in [3.63, 3.8) is 0 Å². The molecule has 0 radical (unpaired) electrons. The first kappa shape index (κ1) is 23.2.